The molecule has 1 N–H and O–H groups in total. The summed E-state index contributed by atoms with van der Waals surface area (Å²) < 4.78 is 32.7. The fraction of sp³-hybridized carbons (Fsp3) is 0.250. The van der Waals surface area contributed by atoms with Gasteiger partial charge in [0.05, 0.1) is 0 Å². The van der Waals surface area contributed by atoms with E-state index in [4.69, 9.17) is 4.74 Å². The maximum Gasteiger partial charge on any atom is 0.159 e. The van der Waals surface area contributed by atoms with E-state index in [0.717, 1.165) is 34.5 Å². The minimum absolute atomic E-state index is 0.192. The second-order valence-corrected chi connectivity index (χ2v) is 5.49. The molecule has 0 aliphatic heterocycles. The Morgan fingerprint density at radius 3 is 2.62 bits per heavy atom. The van der Waals surface area contributed by atoms with Crippen molar-refractivity contribution in [1.82, 2.24) is 5.32 Å². The lowest BCUT2D eigenvalue weighted by molar-refractivity contribution is 0.301. The van der Waals surface area contributed by atoms with Crippen molar-refractivity contribution < 1.29 is 13.5 Å². The Hall–Kier alpha value is -1.46. The molecule has 2 nitrogen and oxygen atoms in total. The Morgan fingerprint density at radius 1 is 1.10 bits per heavy atom. The van der Waals surface area contributed by atoms with Crippen LogP contribution in [0.1, 0.15) is 18.1 Å². The van der Waals surface area contributed by atoms with Crippen molar-refractivity contribution in [3.8, 4) is 5.75 Å². The number of nitrogens with one attached hydrogen (secondary N) is 1. The van der Waals surface area contributed by atoms with Gasteiger partial charge in [0.25, 0.3) is 0 Å². The van der Waals surface area contributed by atoms with Gasteiger partial charge in [0.15, 0.2) is 11.6 Å². The molecule has 2 aromatic carbocycles. The summed E-state index contributed by atoms with van der Waals surface area (Å²) in [6.45, 7) is 3.76. The summed E-state index contributed by atoms with van der Waals surface area (Å²) in [6.07, 6.45) is 0. The third-order valence-corrected chi connectivity index (χ3v) is 3.46. The lowest BCUT2D eigenvalue weighted by Crippen LogP contribution is -2.13. The molecule has 0 unspecified atom stereocenters. The molecule has 2 aromatic rings. The van der Waals surface area contributed by atoms with Crippen molar-refractivity contribution in [1.29, 1.82) is 0 Å². The predicted molar refractivity (Wildman–Crippen MR) is 82.2 cm³/mol. The van der Waals surface area contributed by atoms with Gasteiger partial charge >= 0.3 is 0 Å². The molecule has 0 saturated heterocycles. The number of ether oxygens (including phenoxy) is 1. The van der Waals surface area contributed by atoms with Crippen LogP contribution in [-0.4, -0.2) is 6.54 Å². The van der Waals surface area contributed by atoms with Crippen molar-refractivity contribution in [2.24, 2.45) is 0 Å². The minimum Gasteiger partial charge on any atom is -0.489 e. The SMILES string of the molecule is CCNCc1cc(Br)ccc1OCc1ccc(F)c(F)c1. The summed E-state index contributed by atoms with van der Waals surface area (Å²) in [4.78, 5) is 0. The second kappa shape index (κ2) is 7.52. The highest BCUT2D eigenvalue weighted by Crippen LogP contribution is 2.24. The van der Waals surface area contributed by atoms with Crippen molar-refractivity contribution >= 4 is 15.9 Å². The van der Waals surface area contributed by atoms with Gasteiger partial charge in [0, 0.05) is 16.6 Å². The van der Waals surface area contributed by atoms with Crippen LogP contribution in [0.4, 0.5) is 8.78 Å². The first-order valence-corrected chi connectivity index (χ1v) is 7.45. The third kappa shape index (κ3) is 4.51. The van der Waals surface area contributed by atoms with Crippen LogP contribution in [0.5, 0.6) is 5.75 Å². The van der Waals surface area contributed by atoms with Crippen LogP contribution < -0.4 is 10.1 Å². The van der Waals surface area contributed by atoms with Gasteiger partial charge in [-0.15, -0.1) is 0 Å². The lowest BCUT2D eigenvalue weighted by Gasteiger charge is -2.12. The van der Waals surface area contributed by atoms with Gasteiger partial charge in [-0.2, -0.15) is 0 Å². The number of hydrogen-bond acceptors (Lipinski definition) is 2. The Labute approximate surface area is 131 Å². The van der Waals surface area contributed by atoms with Gasteiger partial charge in [-0.1, -0.05) is 28.9 Å². The molecule has 0 bridgehead atoms. The Morgan fingerprint density at radius 2 is 1.90 bits per heavy atom. The zero-order chi connectivity index (χ0) is 15.2. The highest BCUT2D eigenvalue weighted by atomic mass is 79.9. The topological polar surface area (TPSA) is 21.3 Å². The monoisotopic (exact) mass is 355 g/mol. The zero-order valence-electron chi connectivity index (χ0n) is 11.6. The fourth-order valence-corrected chi connectivity index (χ4v) is 2.29. The van der Waals surface area contributed by atoms with Crippen LogP contribution in [-0.2, 0) is 13.2 Å². The Kier molecular flexibility index (Phi) is 5.70. The molecule has 21 heavy (non-hydrogen) atoms. The smallest absolute Gasteiger partial charge is 0.159 e. The molecular formula is C16H16BrF2NO. The number of halogens is 3. The van der Waals surface area contributed by atoms with Crippen LogP contribution in [0.25, 0.3) is 0 Å². The first kappa shape index (κ1) is 15.9. The van der Waals surface area contributed by atoms with Crippen LogP contribution in [0, 0.1) is 11.6 Å². The predicted octanol–water partition coefficient (Wildman–Crippen LogP) is 4.42. The average Bonchev–Trinajstić information content (AvgIpc) is 2.47. The van der Waals surface area contributed by atoms with Gasteiger partial charge in [-0.25, -0.2) is 8.78 Å². The number of rotatable bonds is 6. The van der Waals surface area contributed by atoms with Crippen molar-refractivity contribution in [2.75, 3.05) is 6.54 Å². The summed E-state index contributed by atoms with van der Waals surface area (Å²) in [5, 5.41) is 3.24. The first-order chi connectivity index (χ1) is 10.1. The van der Waals surface area contributed by atoms with E-state index >= 15 is 0 Å². The molecule has 0 spiro atoms. The summed E-state index contributed by atoms with van der Waals surface area (Å²) in [5.41, 5.74) is 1.60. The van der Waals surface area contributed by atoms with Gasteiger partial charge in [-0.3, -0.25) is 0 Å². The van der Waals surface area contributed by atoms with Crippen LogP contribution in [0.2, 0.25) is 0 Å². The molecule has 0 saturated carbocycles. The molecular weight excluding hydrogens is 340 g/mol. The molecule has 0 aromatic heterocycles. The van der Waals surface area contributed by atoms with E-state index in [9.17, 15) is 8.78 Å². The molecule has 5 heteroatoms. The molecule has 0 atom stereocenters. The molecule has 0 fully saturated rings. The van der Waals surface area contributed by atoms with Crippen molar-refractivity contribution in [2.45, 2.75) is 20.1 Å². The van der Waals surface area contributed by atoms with E-state index in [-0.39, 0.29) is 6.61 Å². The fourth-order valence-electron chi connectivity index (χ4n) is 1.88. The normalized spacial score (nSPS) is 10.7. The summed E-state index contributed by atoms with van der Waals surface area (Å²) in [5.74, 6) is -0.987. The van der Waals surface area contributed by atoms with E-state index in [2.05, 4.69) is 21.2 Å². The van der Waals surface area contributed by atoms with Crippen LogP contribution in [0.15, 0.2) is 40.9 Å². The van der Waals surface area contributed by atoms with Crippen molar-refractivity contribution in [3.63, 3.8) is 0 Å². The van der Waals surface area contributed by atoms with Gasteiger partial charge in [0.2, 0.25) is 0 Å². The largest absolute Gasteiger partial charge is 0.489 e. The molecule has 0 aliphatic carbocycles. The van der Waals surface area contributed by atoms with E-state index < -0.39 is 11.6 Å². The van der Waals surface area contributed by atoms with E-state index in [1.807, 2.05) is 25.1 Å². The molecule has 2 rings (SSSR count). The van der Waals surface area contributed by atoms with Gasteiger partial charge in [-0.05, 0) is 42.4 Å². The third-order valence-electron chi connectivity index (χ3n) is 2.97. The van der Waals surface area contributed by atoms with Crippen LogP contribution in [0.3, 0.4) is 0 Å². The summed E-state index contributed by atoms with van der Waals surface area (Å²) in [6, 6.07) is 9.49. The molecule has 112 valence electrons. The molecule has 0 radical (unpaired) electrons. The molecule has 0 amide bonds. The standard InChI is InChI=1S/C16H16BrF2NO/c1-2-20-9-12-8-13(17)4-6-16(12)21-10-11-3-5-14(18)15(19)7-11/h3-8,20H,2,9-10H2,1H3. The van der Waals surface area contributed by atoms with Gasteiger partial charge < -0.3 is 10.1 Å². The molecule has 0 aliphatic rings. The minimum atomic E-state index is -0.861. The second-order valence-electron chi connectivity index (χ2n) is 4.57. The molecule has 0 heterocycles. The summed E-state index contributed by atoms with van der Waals surface area (Å²) in [7, 11) is 0. The summed E-state index contributed by atoms with van der Waals surface area (Å²) >= 11 is 3.43. The first-order valence-electron chi connectivity index (χ1n) is 6.66. The van der Waals surface area contributed by atoms with E-state index in [0.29, 0.717) is 12.1 Å². The quantitative estimate of drug-likeness (QED) is 0.828. The average molecular weight is 356 g/mol. The van der Waals surface area contributed by atoms with Crippen molar-refractivity contribution in [3.05, 3.63) is 63.6 Å². The Bertz CT molecular complexity index is 619. The lowest BCUT2D eigenvalue weighted by atomic mass is 10.2. The van der Waals surface area contributed by atoms with Gasteiger partial charge in [0.1, 0.15) is 12.4 Å². The van der Waals surface area contributed by atoms with Crippen LogP contribution >= 0.6 is 15.9 Å². The highest BCUT2D eigenvalue weighted by Gasteiger charge is 2.07. The number of benzene rings is 2. The highest BCUT2D eigenvalue weighted by molar-refractivity contribution is 9.10. The maximum atomic E-state index is 13.2. The zero-order valence-corrected chi connectivity index (χ0v) is 13.2. The van der Waals surface area contributed by atoms with E-state index in [1.165, 1.54) is 6.07 Å². The number of hydrogen-bond donors (Lipinski definition) is 1. The Balaban J connectivity index is 2.09. The van der Waals surface area contributed by atoms with E-state index in [1.54, 1.807) is 0 Å². The maximum absolute atomic E-state index is 13.2.